The lowest BCUT2D eigenvalue weighted by molar-refractivity contribution is -0.146. The Kier molecular flexibility index (Phi) is 5.70. The molecule has 2 N–H and O–H groups in total. The quantitative estimate of drug-likeness (QED) is 0.761. The fourth-order valence-electron chi connectivity index (χ4n) is 3.61. The summed E-state index contributed by atoms with van der Waals surface area (Å²) in [7, 11) is 5.48. The van der Waals surface area contributed by atoms with Crippen molar-refractivity contribution < 1.29 is 14.6 Å². The first-order chi connectivity index (χ1) is 13.4. The molecule has 148 valence electrons. The first kappa shape index (κ1) is 19.9. The second-order valence-corrected chi connectivity index (χ2v) is 7.45. The number of methoxy groups -OCH3 is 1. The van der Waals surface area contributed by atoms with E-state index in [1.807, 2.05) is 68.4 Å². The number of anilines is 1. The number of aliphatic imine (C=N–C) groups is 1. The van der Waals surface area contributed by atoms with Crippen molar-refractivity contribution >= 4 is 23.6 Å². The number of carboxylic acids is 1. The number of rotatable bonds is 7. The summed E-state index contributed by atoms with van der Waals surface area (Å²) >= 11 is 0. The van der Waals surface area contributed by atoms with Crippen LogP contribution in [0, 0.1) is 12.3 Å². The van der Waals surface area contributed by atoms with Gasteiger partial charge in [0.25, 0.3) is 0 Å². The number of nitrogens with one attached hydrogen (secondary N) is 1. The van der Waals surface area contributed by atoms with Gasteiger partial charge in [-0.3, -0.25) is 9.79 Å². The molecule has 28 heavy (non-hydrogen) atoms. The van der Waals surface area contributed by atoms with Crippen molar-refractivity contribution in [3.05, 3.63) is 53.6 Å². The van der Waals surface area contributed by atoms with Crippen LogP contribution >= 0.6 is 0 Å². The number of carboxylic acid groups (broad SMARTS) is 1. The molecule has 0 saturated carbocycles. The van der Waals surface area contributed by atoms with Crippen LogP contribution in [-0.2, 0) is 4.79 Å². The number of hydrogen-bond acceptors (Lipinski definition) is 5. The van der Waals surface area contributed by atoms with Gasteiger partial charge < -0.3 is 20.1 Å². The number of fused-ring (bicyclic) bond motifs is 1. The summed E-state index contributed by atoms with van der Waals surface area (Å²) in [6.45, 7) is 2.64. The Labute approximate surface area is 165 Å². The highest BCUT2D eigenvalue weighted by Gasteiger charge is 2.48. The Bertz CT molecular complexity index is 894. The Morgan fingerprint density at radius 3 is 2.64 bits per heavy atom. The molecule has 2 aromatic carbocycles. The summed E-state index contributed by atoms with van der Waals surface area (Å²) in [4.78, 5) is 19.1. The topological polar surface area (TPSA) is 74.2 Å². The average molecular weight is 381 g/mol. The third-order valence-electron chi connectivity index (χ3n) is 5.32. The van der Waals surface area contributed by atoms with Crippen LogP contribution in [0.3, 0.4) is 0 Å². The van der Waals surface area contributed by atoms with E-state index in [1.54, 1.807) is 13.3 Å². The zero-order valence-electron chi connectivity index (χ0n) is 16.8. The van der Waals surface area contributed by atoms with Gasteiger partial charge in [-0.1, -0.05) is 30.3 Å². The minimum Gasteiger partial charge on any atom is -0.494 e. The summed E-state index contributed by atoms with van der Waals surface area (Å²) < 4.78 is 5.46. The monoisotopic (exact) mass is 381 g/mol. The minimum absolute atomic E-state index is 0.430. The molecule has 1 aliphatic rings. The standard InChI is InChI=1S/C22H27N3O3/c1-15-8-5-6-10-17(15)24-20-16-9-7-11-18(28-4)19(16)23-14-22(20,21(26)27)12-13-25(2)3/h5-11,14,20,24H,12-13H2,1-4H3,(H,26,27). The SMILES string of the molecule is COc1cccc2c1N=CC(CCN(C)C)(C(=O)O)C2Nc1ccccc1C. The fourth-order valence-corrected chi connectivity index (χ4v) is 3.61. The number of aliphatic carboxylic acids is 1. The Morgan fingerprint density at radius 2 is 2.00 bits per heavy atom. The van der Waals surface area contributed by atoms with Crippen molar-refractivity contribution in [3.8, 4) is 5.75 Å². The third-order valence-corrected chi connectivity index (χ3v) is 5.32. The van der Waals surface area contributed by atoms with Gasteiger partial charge in [-0.25, -0.2) is 0 Å². The molecule has 2 aromatic rings. The molecule has 0 bridgehead atoms. The molecule has 2 unspecified atom stereocenters. The summed E-state index contributed by atoms with van der Waals surface area (Å²) in [6.07, 6.45) is 2.01. The van der Waals surface area contributed by atoms with Gasteiger partial charge in [-0.2, -0.15) is 0 Å². The molecule has 0 amide bonds. The molecule has 0 aliphatic carbocycles. The smallest absolute Gasteiger partial charge is 0.317 e. The van der Waals surface area contributed by atoms with Crippen molar-refractivity contribution in [2.75, 3.05) is 33.1 Å². The maximum absolute atomic E-state index is 12.6. The summed E-state index contributed by atoms with van der Waals surface area (Å²) in [5.74, 6) is -0.255. The highest BCUT2D eigenvalue weighted by Crippen LogP contribution is 2.49. The predicted molar refractivity (Wildman–Crippen MR) is 112 cm³/mol. The third kappa shape index (κ3) is 3.60. The number of hydrogen-bond donors (Lipinski definition) is 2. The van der Waals surface area contributed by atoms with E-state index in [2.05, 4.69) is 10.3 Å². The van der Waals surface area contributed by atoms with Gasteiger partial charge in [0.1, 0.15) is 16.9 Å². The molecular formula is C22H27N3O3. The average Bonchev–Trinajstić information content (AvgIpc) is 2.68. The van der Waals surface area contributed by atoms with Crippen LogP contribution < -0.4 is 10.1 Å². The largest absolute Gasteiger partial charge is 0.494 e. The van der Waals surface area contributed by atoms with Gasteiger partial charge in [0.05, 0.1) is 13.2 Å². The van der Waals surface area contributed by atoms with Crippen molar-refractivity contribution in [3.63, 3.8) is 0 Å². The van der Waals surface area contributed by atoms with Gasteiger partial charge in [-0.15, -0.1) is 0 Å². The molecule has 6 heteroatoms. The maximum atomic E-state index is 12.6. The number of nitrogens with zero attached hydrogens (tertiary/aromatic N) is 2. The summed E-state index contributed by atoms with van der Waals surface area (Å²) in [5, 5.41) is 13.8. The summed E-state index contributed by atoms with van der Waals surface area (Å²) in [6, 6.07) is 13.1. The van der Waals surface area contributed by atoms with Crippen LogP contribution in [0.5, 0.6) is 5.75 Å². The van der Waals surface area contributed by atoms with Crippen LogP contribution in [0.4, 0.5) is 11.4 Å². The van der Waals surface area contributed by atoms with E-state index in [4.69, 9.17) is 4.74 Å². The minimum atomic E-state index is -1.17. The van der Waals surface area contributed by atoms with Crippen molar-refractivity contribution in [1.82, 2.24) is 4.90 Å². The Hall–Kier alpha value is -2.86. The molecule has 1 heterocycles. The van der Waals surface area contributed by atoms with E-state index in [1.165, 1.54) is 0 Å². The molecule has 0 aromatic heterocycles. The lowest BCUT2D eigenvalue weighted by atomic mass is 9.72. The molecule has 1 aliphatic heterocycles. The first-order valence-corrected chi connectivity index (χ1v) is 9.31. The lowest BCUT2D eigenvalue weighted by Crippen LogP contribution is -2.45. The van der Waals surface area contributed by atoms with Crippen molar-refractivity contribution in [1.29, 1.82) is 0 Å². The van der Waals surface area contributed by atoms with Crippen molar-refractivity contribution in [2.24, 2.45) is 10.4 Å². The number of carbonyl (C=O) groups is 1. The fraction of sp³-hybridized carbons (Fsp3) is 0.364. The van der Waals surface area contributed by atoms with Gasteiger partial charge in [0.15, 0.2) is 0 Å². The number of aryl methyl sites for hydroxylation is 1. The van der Waals surface area contributed by atoms with Crippen LogP contribution in [0.15, 0.2) is 47.5 Å². The van der Waals surface area contributed by atoms with Gasteiger partial charge >= 0.3 is 5.97 Å². The second kappa shape index (κ2) is 8.02. The first-order valence-electron chi connectivity index (χ1n) is 9.31. The highest BCUT2D eigenvalue weighted by molar-refractivity contribution is 5.99. The molecular weight excluding hydrogens is 354 g/mol. The van der Waals surface area contributed by atoms with Gasteiger partial charge in [-0.05, 0) is 51.7 Å². The van der Waals surface area contributed by atoms with E-state index in [0.717, 1.165) is 16.8 Å². The molecule has 0 radical (unpaired) electrons. The van der Waals surface area contributed by atoms with Crippen LogP contribution in [-0.4, -0.2) is 49.9 Å². The molecule has 0 fully saturated rings. The second-order valence-electron chi connectivity index (χ2n) is 7.45. The van der Waals surface area contributed by atoms with E-state index in [0.29, 0.717) is 24.4 Å². The van der Waals surface area contributed by atoms with E-state index >= 15 is 0 Å². The molecule has 6 nitrogen and oxygen atoms in total. The van der Waals surface area contributed by atoms with E-state index in [-0.39, 0.29) is 0 Å². The van der Waals surface area contributed by atoms with Gasteiger partial charge in [0.2, 0.25) is 0 Å². The van der Waals surface area contributed by atoms with Crippen LogP contribution in [0.25, 0.3) is 0 Å². The molecule has 3 rings (SSSR count). The zero-order valence-corrected chi connectivity index (χ0v) is 16.8. The van der Waals surface area contributed by atoms with Crippen molar-refractivity contribution in [2.45, 2.75) is 19.4 Å². The molecule has 0 spiro atoms. The summed E-state index contributed by atoms with van der Waals surface area (Å²) in [5.41, 5.74) is 2.30. The van der Waals surface area contributed by atoms with E-state index in [9.17, 15) is 9.90 Å². The maximum Gasteiger partial charge on any atom is 0.317 e. The predicted octanol–water partition coefficient (Wildman–Crippen LogP) is 3.90. The number of para-hydroxylation sites is 2. The number of benzene rings is 2. The Balaban J connectivity index is 2.15. The van der Waals surface area contributed by atoms with Crippen LogP contribution in [0.1, 0.15) is 23.6 Å². The molecule has 2 atom stereocenters. The Morgan fingerprint density at radius 1 is 1.25 bits per heavy atom. The highest BCUT2D eigenvalue weighted by atomic mass is 16.5. The number of ether oxygens (including phenoxy) is 1. The van der Waals surface area contributed by atoms with E-state index < -0.39 is 17.4 Å². The normalized spacial score (nSPS) is 20.7. The van der Waals surface area contributed by atoms with Gasteiger partial charge in [0, 0.05) is 17.5 Å². The van der Waals surface area contributed by atoms with Crippen LogP contribution in [0.2, 0.25) is 0 Å². The zero-order chi connectivity index (χ0) is 20.3. The molecule has 0 saturated heterocycles. The lowest BCUT2D eigenvalue weighted by Gasteiger charge is -2.39.